The van der Waals surface area contributed by atoms with E-state index >= 15 is 0 Å². The molecule has 3 aromatic rings. The zero-order valence-corrected chi connectivity index (χ0v) is 15.6. The molecule has 0 aliphatic heterocycles. The zero-order chi connectivity index (χ0) is 18.7. The van der Waals surface area contributed by atoms with Gasteiger partial charge in [0, 0.05) is 18.3 Å². The molecule has 3 rings (SSSR count). The molecule has 1 heterocycles. The molecule has 0 saturated heterocycles. The Labute approximate surface area is 155 Å². The normalized spacial score (nSPS) is 10.8. The molecule has 0 saturated carbocycles. The van der Waals surface area contributed by atoms with Crippen LogP contribution in [-0.4, -0.2) is 26.4 Å². The van der Waals surface area contributed by atoms with Crippen molar-refractivity contribution >= 4 is 23.4 Å². The van der Waals surface area contributed by atoms with Crippen LogP contribution in [0.25, 0.3) is 11.4 Å². The van der Waals surface area contributed by atoms with Gasteiger partial charge in [0.1, 0.15) is 5.82 Å². The van der Waals surface area contributed by atoms with Crippen molar-refractivity contribution < 1.29 is 9.18 Å². The van der Waals surface area contributed by atoms with Gasteiger partial charge in [0.25, 0.3) is 0 Å². The first-order valence-corrected chi connectivity index (χ1v) is 9.08. The van der Waals surface area contributed by atoms with Gasteiger partial charge in [-0.3, -0.25) is 4.79 Å². The van der Waals surface area contributed by atoms with Crippen molar-refractivity contribution in [2.24, 2.45) is 7.05 Å². The van der Waals surface area contributed by atoms with Crippen LogP contribution in [0.3, 0.4) is 0 Å². The maximum absolute atomic E-state index is 13.1. The minimum absolute atomic E-state index is 0.0984. The summed E-state index contributed by atoms with van der Waals surface area (Å²) in [6.45, 7) is 3.93. The van der Waals surface area contributed by atoms with E-state index in [0.717, 1.165) is 22.4 Å². The van der Waals surface area contributed by atoms with Crippen molar-refractivity contribution in [2.75, 3.05) is 11.1 Å². The Balaban J connectivity index is 1.67. The molecule has 0 fully saturated rings. The largest absolute Gasteiger partial charge is 0.325 e. The molecular formula is C19H19FN4OS. The Hall–Kier alpha value is -2.67. The smallest absolute Gasteiger partial charge is 0.234 e. The molecule has 0 unspecified atom stereocenters. The molecule has 0 aliphatic carbocycles. The summed E-state index contributed by atoms with van der Waals surface area (Å²) in [6.07, 6.45) is 0. The van der Waals surface area contributed by atoms with Crippen LogP contribution < -0.4 is 5.32 Å². The van der Waals surface area contributed by atoms with Crippen LogP contribution in [0, 0.1) is 19.7 Å². The lowest BCUT2D eigenvalue weighted by Gasteiger charge is -2.11. The topological polar surface area (TPSA) is 59.8 Å². The van der Waals surface area contributed by atoms with E-state index in [9.17, 15) is 9.18 Å². The van der Waals surface area contributed by atoms with Gasteiger partial charge in [-0.15, -0.1) is 10.2 Å². The number of anilines is 1. The summed E-state index contributed by atoms with van der Waals surface area (Å²) in [4.78, 5) is 12.3. The number of halogens is 1. The number of benzene rings is 2. The van der Waals surface area contributed by atoms with Crippen molar-refractivity contribution in [1.82, 2.24) is 14.8 Å². The summed E-state index contributed by atoms with van der Waals surface area (Å²) in [5.41, 5.74) is 3.68. The fourth-order valence-electron chi connectivity index (χ4n) is 2.61. The predicted molar refractivity (Wildman–Crippen MR) is 102 cm³/mol. The second-order valence-corrected chi connectivity index (χ2v) is 6.92. The Morgan fingerprint density at radius 2 is 1.77 bits per heavy atom. The van der Waals surface area contributed by atoms with E-state index in [-0.39, 0.29) is 17.5 Å². The number of aryl methyl sites for hydroxylation is 2. The molecule has 0 spiro atoms. The molecule has 26 heavy (non-hydrogen) atoms. The van der Waals surface area contributed by atoms with E-state index in [1.165, 1.54) is 23.9 Å². The predicted octanol–water partition coefficient (Wildman–Crippen LogP) is 3.97. The van der Waals surface area contributed by atoms with Crippen LogP contribution in [0.1, 0.15) is 11.1 Å². The molecule has 7 heteroatoms. The van der Waals surface area contributed by atoms with Crippen LogP contribution in [0.2, 0.25) is 0 Å². The summed E-state index contributed by atoms with van der Waals surface area (Å²) >= 11 is 1.31. The molecular weight excluding hydrogens is 351 g/mol. The molecule has 1 N–H and O–H groups in total. The molecule has 1 aromatic heterocycles. The summed E-state index contributed by atoms with van der Waals surface area (Å²) in [7, 11) is 1.82. The number of hydrogen-bond acceptors (Lipinski definition) is 4. The van der Waals surface area contributed by atoms with E-state index < -0.39 is 0 Å². The summed E-state index contributed by atoms with van der Waals surface area (Å²) in [5.74, 6) is 0.457. The molecule has 0 bridgehead atoms. The average molecular weight is 370 g/mol. The number of nitrogens with one attached hydrogen (secondary N) is 1. The molecule has 0 radical (unpaired) electrons. The lowest BCUT2D eigenvalue weighted by molar-refractivity contribution is -0.113. The van der Waals surface area contributed by atoms with Crippen LogP contribution in [-0.2, 0) is 11.8 Å². The van der Waals surface area contributed by atoms with E-state index in [0.29, 0.717) is 11.0 Å². The van der Waals surface area contributed by atoms with Crippen LogP contribution >= 0.6 is 11.8 Å². The second-order valence-electron chi connectivity index (χ2n) is 5.98. The van der Waals surface area contributed by atoms with Gasteiger partial charge in [0.05, 0.1) is 5.75 Å². The second kappa shape index (κ2) is 7.70. The standard InChI is InChI=1S/C19H19FN4OS/c1-12-5-4-6-13(2)17(12)21-16(25)11-26-19-23-22-18(24(19)3)14-7-9-15(20)10-8-14/h4-10H,11H2,1-3H3,(H,21,25). The van der Waals surface area contributed by atoms with E-state index in [1.54, 1.807) is 16.7 Å². The highest BCUT2D eigenvalue weighted by atomic mass is 32.2. The van der Waals surface area contributed by atoms with Gasteiger partial charge in [0.15, 0.2) is 11.0 Å². The maximum Gasteiger partial charge on any atom is 0.234 e. The number of para-hydroxylation sites is 1. The molecule has 0 aliphatic rings. The number of rotatable bonds is 5. The quantitative estimate of drug-likeness (QED) is 0.691. The number of amides is 1. The first-order valence-electron chi connectivity index (χ1n) is 8.10. The Bertz CT molecular complexity index is 917. The zero-order valence-electron chi connectivity index (χ0n) is 14.8. The number of carbonyl (C=O) groups is 1. The van der Waals surface area contributed by atoms with E-state index in [1.807, 2.05) is 39.1 Å². The van der Waals surface area contributed by atoms with Crippen molar-refractivity contribution in [3.05, 3.63) is 59.4 Å². The van der Waals surface area contributed by atoms with E-state index in [2.05, 4.69) is 15.5 Å². The van der Waals surface area contributed by atoms with Crippen molar-refractivity contribution in [2.45, 2.75) is 19.0 Å². The Morgan fingerprint density at radius 3 is 2.42 bits per heavy atom. The Morgan fingerprint density at radius 1 is 1.12 bits per heavy atom. The van der Waals surface area contributed by atoms with E-state index in [4.69, 9.17) is 0 Å². The number of nitrogens with zero attached hydrogens (tertiary/aromatic N) is 3. The first kappa shape index (κ1) is 18.1. The van der Waals surface area contributed by atoms with Crippen LogP contribution in [0.5, 0.6) is 0 Å². The lowest BCUT2D eigenvalue weighted by atomic mass is 10.1. The third-order valence-electron chi connectivity index (χ3n) is 4.02. The maximum atomic E-state index is 13.1. The van der Waals surface area contributed by atoms with Crippen molar-refractivity contribution in [1.29, 1.82) is 0 Å². The summed E-state index contributed by atoms with van der Waals surface area (Å²) in [6, 6.07) is 12.0. The first-order chi connectivity index (χ1) is 12.5. The fraction of sp³-hybridized carbons (Fsp3) is 0.211. The minimum atomic E-state index is -0.298. The monoisotopic (exact) mass is 370 g/mol. The van der Waals surface area contributed by atoms with Gasteiger partial charge in [-0.1, -0.05) is 30.0 Å². The summed E-state index contributed by atoms with van der Waals surface area (Å²) < 4.78 is 14.9. The van der Waals surface area contributed by atoms with Crippen LogP contribution in [0.15, 0.2) is 47.6 Å². The van der Waals surface area contributed by atoms with Gasteiger partial charge in [-0.25, -0.2) is 4.39 Å². The molecule has 5 nitrogen and oxygen atoms in total. The highest BCUT2D eigenvalue weighted by Gasteiger charge is 2.14. The third kappa shape index (κ3) is 3.94. The number of thioether (sulfide) groups is 1. The van der Waals surface area contributed by atoms with Gasteiger partial charge >= 0.3 is 0 Å². The fourth-order valence-corrected chi connectivity index (χ4v) is 3.32. The number of aromatic nitrogens is 3. The number of carbonyl (C=O) groups excluding carboxylic acids is 1. The average Bonchev–Trinajstić information content (AvgIpc) is 2.98. The minimum Gasteiger partial charge on any atom is -0.325 e. The third-order valence-corrected chi connectivity index (χ3v) is 5.04. The van der Waals surface area contributed by atoms with Crippen LogP contribution in [0.4, 0.5) is 10.1 Å². The SMILES string of the molecule is Cc1cccc(C)c1NC(=O)CSc1nnc(-c2ccc(F)cc2)n1C. The molecule has 2 aromatic carbocycles. The van der Waals surface area contributed by atoms with Gasteiger partial charge in [-0.05, 0) is 49.2 Å². The molecule has 0 atom stereocenters. The summed E-state index contributed by atoms with van der Waals surface area (Å²) in [5, 5.41) is 11.9. The van der Waals surface area contributed by atoms with Crippen molar-refractivity contribution in [3.8, 4) is 11.4 Å². The Kier molecular flexibility index (Phi) is 5.37. The molecule has 1 amide bonds. The van der Waals surface area contributed by atoms with Gasteiger partial charge < -0.3 is 9.88 Å². The lowest BCUT2D eigenvalue weighted by Crippen LogP contribution is -2.16. The highest BCUT2D eigenvalue weighted by Crippen LogP contribution is 2.24. The molecule has 134 valence electrons. The van der Waals surface area contributed by atoms with Crippen molar-refractivity contribution in [3.63, 3.8) is 0 Å². The van der Waals surface area contributed by atoms with Gasteiger partial charge in [-0.2, -0.15) is 0 Å². The van der Waals surface area contributed by atoms with Gasteiger partial charge in [0.2, 0.25) is 5.91 Å². The number of hydrogen-bond donors (Lipinski definition) is 1. The highest BCUT2D eigenvalue weighted by molar-refractivity contribution is 7.99.